The van der Waals surface area contributed by atoms with Gasteiger partial charge in [0, 0.05) is 39.0 Å². The van der Waals surface area contributed by atoms with E-state index in [-0.39, 0.29) is 4.90 Å². The number of hydrogen-bond donors (Lipinski definition) is 2. The van der Waals surface area contributed by atoms with E-state index in [4.69, 9.17) is 10.5 Å². The molecule has 0 saturated heterocycles. The fourth-order valence-corrected chi connectivity index (χ4v) is 3.02. The number of anilines is 1. The second-order valence-corrected chi connectivity index (χ2v) is 6.43. The van der Waals surface area contributed by atoms with Crippen LogP contribution < -0.4 is 15.4 Å². The molecule has 6 nitrogen and oxygen atoms in total. The Balaban J connectivity index is 2.84. The van der Waals surface area contributed by atoms with Crippen molar-refractivity contribution in [2.45, 2.75) is 18.2 Å². The Bertz CT molecular complexity index is 503. The summed E-state index contributed by atoms with van der Waals surface area (Å²) in [5, 5.41) is 0. The highest BCUT2D eigenvalue weighted by atomic mass is 32.2. The molecule has 7 heteroatoms. The first-order valence-corrected chi connectivity index (χ1v) is 8.57. The smallest absolute Gasteiger partial charge is 0.240 e. The largest absolute Gasteiger partial charge is 0.383 e. The van der Waals surface area contributed by atoms with Gasteiger partial charge in [0.05, 0.1) is 11.5 Å². The van der Waals surface area contributed by atoms with Gasteiger partial charge in [0.25, 0.3) is 0 Å². The molecule has 0 bridgehead atoms. The zero-order chi connectivity index (χ0) is 15.7. The van der Waals surface area contributed by atoms with Gasteiger partial charge in [-0.1, -0.05) is 6.92 Å². The Kier molecular flexibility index (Phi) is 7.66. The molecule has 0 aromatic heterocycles. The summed E-state index contributed by atoms with van der Waals surface area (Å²) in [7, 11) is -1.76. The first-order valence-electron chi connectivity index (χ1n) is 7.08. The van der Waals surface area contributed by atoms with Crippen LogP contribution in [0.1, 0.15) is 13.3 Å². The average molecular weight is 315 g/mol. The molecular weight excluding hydrogens is 290 g/mol. The lowest BCUT2D eigenvalue weighted by molar-refractivity contribution is 0.205. The Morgan fingerprint density at radius 3 is 2.43 bits per heavy atom. The molecule has 0 saturated carbocycles. The highest BCUT2D eigenvalue weighted by Gasteiger charge is 2.13. The van der Waals surface area contributed by atoms with Gasteiger partial charge in [0.15, 0.2) is 0 Å². The maximum atomic E-state index is 12.0. The summed E-state index contributed by atoms with van der Waals surface area (Å²) in [5.74, 6) is 0. The lowest BCUT2D eigenvalue weighted by Gasteiger charge is -2.24. The molecule has 0 amide bonds. The summed E-state index contributed by atoms with van der Waals surface area (Å²) in [6.07, 6.45) is 0.763. The molecule has 0 aliphatic heterocycles. The van der Waals surface area contributed by atoms with Crippen molar-refractivity contribution in [2.75, 3.05) is 44.8 Å². The van der Waals surface area contributed by atoms with Crippen molar-refractivity contribution in [3.8, 4) is 0 Å². The summed E-state index contributed by atoms with van der Waals surface area (Å²) < 4.78 is 31.6. The molecule has 0 unspecified atom stereocenters. The van der Waals surface area contributed by atoms with Gasteiger partial charge in [-0.15, -0.1) is 0 Å². The minimum Gasteiger partial charge on any atom is -0.383 e. The number of nitrogens with zero attached hydrogens (tertiary/aromatic N) is 1. The number of hydrogen-bond acceptors (Lipinski definition) is 5. The molecule has 0 radical (unpaired) electrons. The van der Waals surface area contributed by atoms with E-state index in [1.807, 2.05) is 6.92 Å². The van der Waals surface area contributed by atoms with Gasteiger partial charge < -0.3 is 15.4 Å². The predicted octanol–water partition coefficient (Wildman–Crippen LogP) is 0.786. The van der Waals surface area contributed by atoms with Crippen LogP contribution in [0.2, 0.25) is 0 Å². The lowest BCUT2D eigenvalue weighted by atomic mass is 10.3. The molecule has 1 aromatic carbocycles. The predicted molar refractivity (Wildman–Crippen MR) is 85.1 cm³/mol. The van der Waals surface area contributed by atoms with Crippen LogP contribution in [0.25, 0.3) is 0 Å². The lowest BCUT2D eigenvalue weighted by Crippen LogP contribution is -2.32. The number of ether oxygens (including phenoxy) is 1. The van der Waals surface area contributed by atoms with Crippen molar-refractivity contribution in [3.63, 3.8) is 0 Å². The topological polar surface area (TPSA) is 84.7 Å². The Morgan fingerprint density at radius 2 is 1.90 bits per heavy atom. The molecule has 3 N–H and O–H groups in total. The van der Waals surface area contributed by atoms with E-state index in [0.717, 1.165) is 12.1 Å². The molecule has 21 heavy (non-hydrogen) atoms. The number of nitrogens with two attached hydrogens (primary N) is 1. The van der Waals surface area contributed by atoms with E-state index < -0.39 is 10.0 Å². The quantitative estimate of drug-likeness (QED) is 0.667. The van der Waals surface area contributed by atoms with E-state index in [1.54, 1.807) is 31.4 Å². The van der Waals surface area contributed by atoms with Crippen LogP contribution in [0.15, 0.2) is 29.2 Å². The van der Waals surface area contributed by atoms with Crippen molar-refractivity contribution in [2.24, 2.45) is 5.73 Å². The van der Waals surface area contributed by atoms with Crippen LogP contribution in [-0.2, 0) is 14.8 Å². The van der Waals surface area contributed by atoms with Crippen molar-refractivity contribution >= 4 is 15.7 Å². The molecular formula is C14H25N3O3S. The third-order valence-corrected chi connectivity index (χ3v) is 4.50. The monoisotopic (exact) mass is 315 g/mol. The number of sulfonamides is 1. The highest BCUT2D eigenvalue weighted by molar-refractivity contribution is 7.89. The number of benzene rings is 1. The van der Waals surface area contributed by atoms with Gasteiger partial charge in [-0.25, -0.2) is 13.1 Å². The van der Waals surface area contributed by atoms with Crippen LogP contribution >= 0.6 is 0 Å². The van der Waals surface area contributed by atoms with E-state index in [2.05, 4.69) is 9.62 Å². The molecule has 1 aromatic rings. The Hall–Kier alpha value is -1.15. The zero-order valence-electron chi connectivity index (χ0n) is 12.7. The number of methoxy groups -OCH3 is 1. The SMILES string of the molecule is CCCNS(=O)(=O)c1ccc(N(CCN)CCOC)cc1. The molecule has 1 rings (SSSR count). The summed E-state index contributed by atoms with van der Waals surface area (Å²) in [5.41, 5.74) is 6.54. The normalized spacial score (nSPS) is 11.6. The zero-order valence-corrected chi connectivity index (χ0v) is 13.5. The van der Waals surface area contributed by atoms with E-state index in [0.29, 0.717) is 32.8 Å². The number of rotatable bonds is 10. The summed E-state index contributed by atoms with van der Waals surface area (Å²) >= 11 is 0. The van der Waals surface area contributed by atoms with Crippen LogP contribution in [0.4, 0.5) is 5.69 Å². The summed E-state index contributed by atoms with van der Waals surface area (Å²) in [4.78, 5) is 2.35. The maximum absolute atomic E-state index is 12.0. The van der Waals surface area contributed by atoms with Gasteiger partial charge in [-0.05, 0) is 30.7 Å². The fourth-order valence-electron chi connectivity index (χ4n) is 1.88. The van der Waals surface area contributed by atoms with Crippen LogP contribution in [0.3, 0.4) is 0 Å². The second-order valence-electron chi connectivity index (χ2n) is 4.66. The molecule has 0 atom stereocenters. The minimum atomic E-state index is -3.41. The van der Waals surface area contributed by atoms with E-state index in [9.17, 15) is 8.42 Å². The van der Waals surface area contributed by atoms with Crippen molar-refractivity contribution < 1.29 is 13.2 Å². The van der Waals surface area contributed by atoms with E-state index in [1.165, 1.54) is 0 Å². The highest BCUT2D eigenvalue weighted by Crippen LogP contribution is 2.17. The van der Waals surface area contributed by atoms with Crippen molar-refractivity contribution in [1.82, 2.24) is 4.72 Å². The average Bonchev–Trinajstić information content (AvgIpc) is 2.49. The van der Waals surface area contributed by atoms with Crippen molar-refractivity contribution in [3.05, 3.63) is 24.3 Å². The molecule has 120 valence electrons. The second kappa shape index (κ2) is 8.99. The third-order valence-electron chi connectivity index (χ3n) is 3.02. The van der Waals surface area contributed by atoms with Gasteiger partial charge in [-0.2, -0.15) is 0 Å². The standard InChI is InChI=1S/C14H25N3O3S/c1-3-9-16-21(18,19)14-6-4-13(5-7-14)17(10-8-15)11-12-20-2/h4-7,16H,3,8-12,15H2,1-2H3. The molecule has 0 fully saturated rings. The van der Waals surface area contributed by atoms with Gasteiger partial charge in [0.2, 0.25) is 10.0 Å². The van der Waals surface area contributed by atoms with Crippen molar-refractivity contribution in [1.29, 1.82) is 0 Å². The van der Waals surface area contributed by atoms with Crippen LogP contribution in [-0.4, -0.2) is 48.3 Å². The molecule has 0 aliphatic rings. The van der Waals surface area contributed by atoms with E-state index >= 15 is 0 Å². The first kappa shape index (κ1) is 17.9. The molecule has 0 spiro atoms. The first-order chi connectivity index (χ1) is 10.0. The maximum Gasteiger partial charge on any atom is 0.240 e. The molecule has 0 heterocycles. The fraction of sp³-hybridized carbons (Fsp3) is 0.571. The Morgan fingerprint density at radius 1 is 1.24 bits per heavy atom. The van der Waals surface area contributed by atoms with Gasteiger partial charge in [0.1, 0.15) is 0 Å². The Labute approximate surface area is 127 Å². The van der Waals surface area contributed by atoms with Crippen LogP contribution in [0.5, 0.6) is 0 Å². The summed E-state index contributed by atoms with van der Waals surface area (Å²) in [6, 6.07) is 6.82. The molecule has 0 aliphatic carbocycles. The minimum absolute atomic E-state index is 0.277. The van der Waals surface area contributed by atoms with Gasteiger partial charge >= 0.3 is 0 Å². The van der Waals surface area contributed by atoms with Crippen LogP contribution in [0, 0.1) is 0 Å². The van der Waals surface area contributed by atoms with Gasteiger partial charge in [-0.3, -0.25) is 0 Å². The third kappa shape index (κ3) is 5.62. The number of nitrogens with one attached hydrogen (secondary N) is 1. The summed E-state index contributed by atoms with van der Waals surface area (Å²) in [6.45, 7) is 4.90.